The molecule has 0 saturated heterocycles. The highest BCUT2D eigenvalue weighted by molar-refractivity contribution is 6.18. The normalized spacial score (nSPS) is 10.3. The van der Waals surface area contributed by atoms with E-state index in [2.05, 4.69) is 0 Å². The number of benzene rings is 1. The van der Waals surface area contributed by atoms with E-state index in [1.807, 2.05) is 11.8 Å². The molecule has 0 bridgehead atoms. The number of aryl methyl sites for hydroxylation is 1. The van der Waals surface area contributed by atoms with E-state index in [0.29, 0.717) is 24.8 Å². The Morgan fingerprint density at radius 1 is 1.29 bits per heavy atom. The average molecular weight is 277 g/mol. The van der Waals surface area contributed by atoms with Crippen LogP contribution in [0.25, 0.3) is 0 Å². The van der Waals surface area contributed by atoms with Crippen molar-refractivity contribution in [1.82, 2.24) is 0 Å². The molecule has 0 aliphatic carbocycles. The fraction of sp³-hybridized carbons (Fsp3) is 0.455. The zero-order chi connectivity index (χ0) is 12.8. The number of hydrogen-bond acceptors (Lipinski definition) is 3. The molecule has 17 heavy (non-hydrogen) atoms. The van der Waals surface area contributed by atoms with Crippen LogP contribution >= 0.6 is 23.2 Å². The van der Waals surface area contributed by atoms with Crippen LogP contribution in [0.5, 0.6) is 0 Å². The molecular weight excluding hydrogens is 263 g/mol. The van der Waals surface area contributed by atoms with Crippen molar-refractivity contribution in [3.63, 3.8) is 0 Å². The lowest BCUT2D eigenvalue weighted by Crippen LogP contribution is -2.28. The summed E-state index contributed by atoms with van der Waals surface area (Å²) in [6, 6.07) is 4.80. The van der Waals surface area contributed by atoms with Gasteiger partial charge in [-0.15, -0.1) is 23.2 Å². The van der Waals surface area contributed by atoms with Gasteiger partial charge in [-0.3, -0.25) is 10.1 Å². The predicted octanol–water partition coefficient (Wildman–Crippen LogP) is 3.19. The van der Waals surface area contributed by atoms with Crippen molar-refractivity contribution in [1.29, 1.82) is 0 Å². The van der Waals surface area contributed by atoms with E-state index < -0.39 is 4.92 Å². The minimum Gasteiger partial charge on any atom is -0.369 e. The molecule has 6 heteroatoms. The standard InChI is InChI=1S/C11H14Cl2N2O2/c1-9-8-10(15(16)17)2-3-11(9)14(6-4-12)7-5-13/h2-3,8H,4-7H2,1H3. The summed E-state index contributed by atoms with van der Waals surface area (Å²) in [4.78, 5) is 12.3. The number of non-ortho nitro benzene ring substituents is 1. The Bertz CT molecular complexity index is 393. The molecule has 0 aliphatic rings. The summed E-state index contributed by atoms with van der Waals surface area (Å²) in [6.45, 7) is 3.19. The second-order valence-corrected chi connectivity index (χ2v) is 4.35. The molecule has 0 atom stereocenters. The van der Waals surface area contributed by atoms with Crippen LogP contribution in [0.15, 0.2) is 18.2 Å². The van der Waals surface area contributed by atoms with Crippen molar-refractivity contribution >= 4 is 34.6 Å². The summed E-state index contributed by atoms with van der Waals surface area (Å²) < 4.78 is 0. The molecule has 1 aromatic rings. The largest absolute Gasteiger partial charge is 0.369 e. The van der Waals surface area contributed by atoms with Gasteiger partial charge in [0, 0.05) is 42.7 Å². The minimum absolute atomic E-state index is 0.1000. The molecule has 0 radical (unpaired) electrons. The van der Waals surface area contributed by atoms with Crippen molar-refractivity contribution in [3.05, 3.63) is 33.9 Å². The number of alkyl halides is 2. The molecule has 0 spiro atoms. The van der Waals surface area contributed by atoms with Crippen LogP contribution in [0.2, 0.25) is 0 Å². The maximum absolute atomic E-state index is 10.6. The van der Waals surface area contributed by atoms with Crippen molar-refractivity contribution in [2.45, 2.75) is 6.92 Å². The first kappa shape index (κ1) is 14.1. The molecule has 0 N–H and O–H groups in total. The van der Waals surface area contributed by atoms with E-state index in [4.69, 9.17) is 23.2 Å². The first-order valence-corrected chi connectivity index (χ1v) is 6.29. The van der Waals surface area contributed by atoms with Gasteiger partial charge in [0.15, 0.2) is 0 Å². The van der Waals surface area contributed by atoms with Gasteiger partial charge in [-0.05, 0) is 18.6 Å². The van der Waals surface area contributed by atoms with E-state index >= 15 is 0 Å². The highest BCUT2D eigenvalue weighted by Gasteiger charge is 2.12. The molecule has 0 heterocycles. The molecule has 0 saturated carbocycles. The van der Waals surface area contributed by atoms with Crippen LogP contribution in [0.1, 0.15) is 5.56 Å². The van der Waals surface area contributed by atoms with E-state index in [0.717, 1.165) is 11.3 Å². The van der Waals surface area contributed by atoms with Crippen molar-refractivity contribution in [3.8, 4) is 0 Å². The lowest BCUT2D eigenvalue weighted by Gasteiger charge is -2.24. The summed E-state index contributed by atoms with van der Waals surface area (Å²) in [6.07, 6.45) is 0. The molecule has 0 fully saturated rings. The second kappa shape index (κ2) is 6.67. The molecule has 0 aliphatic heterocycles. The second-order valence-electron chi connectivity index (χ2n) is 3.59. The van der Waals surface area contributed by atoms with E-state index in [-0.39, 0.29) is 5.69 Å². The van der Waals surface area contributed by atoms with Crippen LogP contribution < -0.4 is 4.90 Å². The Kier molecular flexibility index (Phi) is 5.51. The number of nitro benzene ring substituents is 1. The van der Waals surface area contributed by atoms with Gasteiger partial charge in [0.25, 0.3) is 5.69 Å². The third-order valence-corrected chi connectivity index (χ3v) is 2.78. The van der Waals surface area contributed by atoms with Crippen LogP contribution in [0, 0.1) is 17.0 Å². The van der Waals surface area contributed by atoms with Gasteiger partial charge in [-0.1, -0.05) is 0 Å². The Morgan fingerprint density at radius 2 is 1.88 bits per heavy atom. The Balaban J connectivity index is 2.99. The van der Waals surface area contributed by atoms with Gasteiger partial charge in [-0.2, -0.15) is 0 Å². The first-order valence-electron chi connectivity index (χ1n) is 5.22. The zero-order valence-corrected chi connectivity index (χ0v) is 11.0. The SMILES string of the molecule is Cc1cc([N+](=O)[O-])ccc1N(CCCl)CCCl. The summed E-state index contributed by atoms with van der Waals surface area (Å²) in [5.74, 6) is 0.987. The highest BCUT2D eigenvalue weighted by Crippen LogP contribution is 2.24. The maximum atomic E-state index is 10.6. The molecule has 0 unspecified atom stereocenters. The van der Waals surface area contributed by atoms with Crippen molar-refractivity contribution in [2.24, 2.45) is 0 Å². The van der Waals surface area contributed by atoms with Crippen LogP contribution in [-0.2, 0) is 0 Å². The molecule has 1 aromatic carbocycles. The first-order chi connectivity index (χ1) is 8.10. The number of anilines is 1. The Morgan fingerprint density at radius 3 is 2.29 bits per heavy atom. The average Bonchev–Trinajstić information content (AvgIpc) is 2.28. The van der Waals surface area contributed by atoms with Gasteiger partial charge in [0.2, 0.25) is 0 Å². The summed E-state index contributed by atoms with van der Waals surface area (Å²) >= 11 is 11.4. The molecule has 4 nitrogen and oxygen atoms in total. The number of halogens is 2. The summed E-state index contributed by atoms with van der Waals surface area (Å²) in [7, 11) is 0. The third kappa shape index (κ3) is 3.75. The quantitative estimate of drug-likeness (QED) is 0.455. The molecule has 1 rings (SSSR count). The number of rotatable bonds is 6. The van der Waals surface area contributed by atoms with E-state index in [1.54, 1.807) is 12.1 Å². The van der Waals surface area contributed by atoms with Crippen molar-refractivity contribution < 1.29 is 4.92 Å². The Labute approximate surface area is 110 Å². The number of nitro groups is 1. The van der Waals surface area contributed by atoms with Gasteiger partial charge >= 0.3 is 0 Å². The third-order valence-electron chi connectivity index (χ3n) is 2.44. The molecular formula is C11H14Cl2N2O2. The monoisotopic (exact) mass is 276 g/mol. The van der Waals surface area contributed by atoms with Crippen LogP contribution in [0.3, 0.4) is 0 Å². The zero-order valence-electron chi connectivity index (χ0n) is 9.53. The lowest BCUT2D eigenvalue weighted by atomic mass is 10.1. The highest BCUT2D eigenvalue weighted by atomic mass is 35.5. The fourth-order valence-electron chi connectivity index (χ4n) is 1.66. The lowest BCUT2D eigenvalue weighted by molar-refractivity contribution is -0.384. The molecule has 0 aromatic heterocycles. The van der Waals surface area contributed by atoms with Crippen LogP contribution in [0.4, 0.5) is 11.4 Å². The summed E-state index contributed by atoms with van der Waals surface area (Å²) in [5, 5.41) is 10.6. The minimum atomic E-state index is -0.399. The summed E-state index contributed by atoms with van der Waals surface area (Å²) in [5.41, 5.74) is 1.90. The predicted molar refractivity (Wildman–Crippen MR) is 71.5 cm³/mol. The molecule has 0 amide bonds. The van der Waals surface area contributed by atoms with E-state index in [9.17, 15) is 10.1 Å². The molecule has 94 valence electrons. The Hall–Kier alpha value is -1.000. The smallest absolute Gasteiger partial charge is 0.269 e. The van der Waals surface area contributed by atoms with Crippen LogP contribution in [-0.4, -0.2) is 29.8 Å². The fourth-order valence-corrected chi connectivity index (χ4v) is 2.07. The van der Waals surface area contributed by atoms with Crippen molar-refractivity contribution in [2.75, 3.05) is 29.7 Å². The number of hydrogen-bond donors (Lipinski definition) is 0. The van der Waals surface area contributed by atoms with Gasteiger partial charge in [0.05, 0.1) is 4.92 Å². The topological polar surface area (TPSA) is 46.4 Å². The van der Waals surface area contributed by atoms with Gasteiger partial charge in [0.1, 0.15) is 0 Å². The van der Waals surface area contributed by atoms with E-state index in [1.165, 1.54) is 6.07 Å². The van der Waals surface area contributed by atoms with Gasteiger partial charge in [-0.25, -0.2) is 0 Å². The number of nitrogens with zero attached hydrogens (tertiary/aromatic N) is 2. The van der Waals surface area contributed by atoms with Gasteiger partial charge < -0.3 is 4.90 Å². The maximum Gasteiger partial charge on any atom is 0.269 e.